The largest absolute Gasteiger partial charge is 0.373 e. The summed E-state index contributed by atoms with van der Waals surface area (Å²) in [5.41, 5.74) is 3.61. The number of fused-ring (bicyclic) bond motifs is 1. The van der Waals surface area contributed by atoms with Gasteiger partial charge in [-0.1, -0.05) is 18.7 Å². The van der Waals surface area contributed by atoms with Gasteiger partial charge in [0.25, 0.3) is 5.82 Å². The molecule has 1 atom stereocenters. The fourth-order valence-electron chi connectivity index (χ4n) is 3.65. The molecule has 0 aliphatic carbocycles. The summed E-state index contributed by atoms with van der Waals surface area (Å²) < 4.78 is 5.54. The van der Waals surface area contributed by atoms with Crippen molar-refractivity contribution < 1.29 is 14.6 Å². The predicted molar refractivity (Wildman–Crippen MR) is 100 cm³/mol. The number of morpholine rings is 1. The Kier molecular flexibility index (Phi) is 5.57. The van der Waals surface area contributed by atoms with E-state index >= 15 is 0 Å². The molecule has 136 valence electrons. The molecule has 6 heteroatoms. The quantitative estimate of drug-likeness (QED) is 0.814. The maximum absolute atomic E-state index is 9.89. The Morgan fingerprint density at radius 2 is 2.04 bits per heavy atom. The molecular formula is C19H30N4OS+2. The first-order chi connectivity index (χ1) is 12.0. The highest BCUT2D eigenvalue weighted by atomic mass is 32.2. The summed E-state index contributed by atoms with van der Waals surface area (Å²) in [5, 5.41) is 10.9. The van der Waals surface area contributed by atoms with Crippen LogP contribution < -0.4 is 14.8 Å². The Morgan fingerprint density at radius 1 is 1.32 bits per heavy atom. The van der Waals surface area contributed by atoms with Gasteiger partial charge in [-0.2, -0.15) is 5.26 Å². The van der Waals surface area contributed by atoms with Crippen LogP contribution in [0.5, 0.6) is 0 Å². The van der Waals surface area contributed by atoms with Crippen molar-refractivity contribution in [3.8, 4) is 6.07 Å². The third-order valence-corrected chi connectivity index (χ3v) is 6.72. The summed E-state index contributed by atoms with van der Waals surface area (Å²) in [4.78, 5) is 7.55. The predicted octanol–water partition coefficient (Wildman–Crippen LogP) is 1.06. The number of aromatic amines is 1. The van der Waals surface area contributed by atoms with Crippen LogP contribution in [0.2, 0.25) is 0 Å². The van der Waals surface area contributed by atoms with Crippen molar-refractivity contribution >= 4 is 17.6 Å². The molecule has 1 aromatic heterocycles. The smallest absolute Gasteiger partial charge is 0.284 e. The maximum atomic E-state index is 9.89. The van der Waals surface area contributed by atoms with Crippen molar-refractivity contribution in [3.63, 3.8) is 0 Å². The van der Waals surface area contributed by atoms with Gasteiger partial charge in [-0.25, -0.2) is 4.98 Å². The summed E-state index contributed by atoms with van der Waals surface area (Å²) in [5.74, 6) is 2.24. The molecule has 0 aromatic carbocycles. The number of anilines is 1. The zero-order chi connectivity index (χ0) is 18.0. The molecule has 1 saturated heterocycles. The number of nitriles is 1. The van der Waals surface area contributed by atoms with Gasteiger partial charge in [-0.3, -0.25) is 4.90 Å². The molecule has 0 radical (unpaired) electrons. The van der Waals surface area contributed by atoms with Gasteiger partial charge in [0.15, 0.2) is 5.03 Å². The number of quaternary nitrogens is 1. The van der Waals surface area contributed by atoms with E-state index in [-0.39, 0.29) is 5.54 Å². The van der Waals surface area contributed by atoms with Crippen molar-refractivity contribution in [3.05, 3.63) is 16.7 Å². The molecular weight excluding hydrogens is 332 g/mol. The lowest BCUT2D eigenvalue weighted by Crippen LogP contribution is -3.16. The average Bonchev–Trinajstić information content (AvgIpc) is 2.61. The Morgan fingerprint density at radius 3 is 2.68 bits per heavy atom. The molecule has 2 aliphatic rings. The molecule has 3 rings (SSSR count). The van der Waals surface area contributed by atoms with Crippen LogP contribution in [0.25, 0.3) is 0 Å². The first-order valence-corrected chi connectivity index (χ1v) is 10.3. The topological polar surface area (TPSA) is 54.8 Å². The minimum Gasteiger partial charge on any atom is -0.373 e. The van der Waals surface area contributed by atoms with E-state index in [0.29, 0.717) is 0 Å². The summed E-state index contributed by atoms with van der Waals surface area (Å²) in [6, 6.07) is 2.51. The van der Waals surface area contributed by atoms with Gasteiger partial charge >= 0.3 is 0 Å². The molecule has 25 heavy (non-hydrogen) atoms. The lowest BCUT2D eigenvalue weighted by Gasteiger charge is -2.38. The van der Waals surface area contributed by atoms with Gasteiger partial charge in [-0.15, -0.1) is 0 Å². The monoisotopic (exact) mass is 362 g/mol. The van der Waals surface area contributed by atoms with Crippen LogP contribution in [-0.4, -0.2) is 44.6 Å². The summed E-state index contributed by atoms with van der Waals surface area (Å²) in [6.07, 6.45) is 2.05. The van der Waals surface area contributed by atoms with E-state index < -0.39 is 0 Å². The van der Waals surface area contributed by atoms with Crippen LogP contribution in [0.4, 0.5) is 5.82 Å². The number of thioether (sulfide) groups is 1. The number of nitrogens with one attached hydrogen (secondary N) is 2. The molecule has 0 bridgehead atoms. The van der Waals surface area contributed by atoms with E-state index in [9.17, 15) is 5.26 Å². The highest BCUT2D eigenvalue weighted by molar-refractivity contribution is 7.99. The molecule has 3 heterocycles. The molecule has 0 spiro atoms. The fraction of sp³-hybridized carbons (Fsp3) is 0.684. The maximum Gasteiger partial charge on any atom is 0.284 e. The number of rotatable bonds is 4. The van der Waals surface area contributed by atoms with Gasteiger partial charge in [0.2, 0.25) is 0 Å². The van der Waals surface area contributed by atoms with E-state index in [0.717, 1.165) is 62.0 Å². The van der Waals surface area contributed by atoms with E-state index in [1.165, 1.54) is 21.8 Å². The van der Waals surface area contributed by atoms with Crippen LogP contribution in [0, 0.1) is 11.3 Å². The number of ether oxygens (including phenoxy) is 1. The minimum absolute atomic E-state index is 0.148. The van der Waals surface area contributed by atoms with Crippen LogP contribution in [0.15, 0.2) is 5.03 Å². The van der Waals surface area contributed by atoms with Crippen molar-refractivity contribution in [1.82, 2.24) is 0 Å². The molecule has 0 amide bonds. The number of nitrogens with zero attached hydrogens (tertiary/aromatic N) is 2. The van der Waals surface area contributed by atoms with Gasteiger partial charge in [0.05, 0.1) is 25.8 Å². The number of likely N-dealkylation sites (N-methyl/N-ethyl adjacent to an activating group) is 1. The lowest BCUT2D eigenvalue weighted by molar-refractivity contribution is -0.945. The molecule has 5 nitrogen and oxygen atoms in total. The number of hydrogen-bond donors (Lipinski definition) is 1. The average molecular weight is 363 g/mol. The van der Waals surface area contributed by atoms with Crippen molar-refractivity contribution in [2.24, 2.45) is 0 Å². The van der Waals surface area contributed by atoms with E-state index in [4.69, 9.17) is 4.74 Å². The van der Waals surface area contributed by atoms with Crippen molar-refractivity contribution in [2.45, 2.75) is 50.7 Å². The second kappa shape index (κ2) is 7.53. The first-order valence-electron chi connectivity index (χ1n) is 9.27. The second-order valence-electron chi connectivity index (χ2n) is 7.71. The van der Waals surface area contributed by atoms with Crippen LogP contribution in [0.3, 0.4) is 0 Å². The first kappa shape index (κ1) is 18.5. The van der Waals surface area contributed by atoms with Crippen LogP contribution in [-0.2, 0) is 17.7 Å². The van der Waals surface area contributed by atoms with Gasteiger partial charge < -0.3 is 9.64 Å². The van der Waals surface area contributed by atoms with Gasteiger partial charge in [0.1, 0.15) is 36.8 Å². The number of H-pyrrole nitrogens is 1. The number of aromatic nitrogens is 1. The molecule has 2 N–H and O–H groups in total. The summed E-state index contributed by atoms with van der Waals surface area (Å²) in [6.45, 7) is 11.1. The van der Waals surface area contributed by atoms with E-state index in [1.54, 1.807) is 11.8 Å². The van der Waals surface area contributed by atoms with Crippen LogP contribution >= 0.6 is 11.8 Å². The Balaban J connectivity index is 2.12. The molecule has 0 saturated carbocycles. The van der Waals surface area contributed by atoms with E-state index in [2.05, 4.69) is 43.8 Å². The SMILES string of the molecule is CCCSc1[nH+]c(N2CCOCC2)c2c(c1C#N)CC(C)(C)[NH+](C)C2. The molecule has 1 unspecified atom stereocenters. The third kappa shape index (κ3) is 3.64. The second-order valence-corrected chi connectivity index (χ2v) is 8.82. The number of hydrogen-bond acceptors (Lipinski definition) is 4. The van der Waals surface area contributed by atoms with Gasteiger partial charge in [0, 0.05) is 12.2 Å². The van der Waals surface area contributed by atoms with E-state index in [1.807, 2.05) is 0 Å². The Bertz CT molecular complexity index is 677. The van der Waals surface area contributed by atoms with Crippen molar-refractivity contribution in [2.75, 3.05) is 44.0 Å². The minimum atomic E-state index is 0.148. The standard InChI is InChI=1S/C19H28N4OS/c1-5-10-25-18-15(12-20)14-11-19(2,3)22(4)13-16(14)17(21-18)23-6-8-24-9-7-23/h5-11,13H2,1-4H3/p+2. The molecule has 2 aliphatic heterocycles. The van der Waals surface area contributed by atoms with Gasteiger partial charge in [-0.05, 0) is 25.8 Å². The highest BCUT2D eigenvalue weighted by Gasteiger charge is 2.41. The lowest BCUT2D eigenvalue weighted by atomic mass is 9.84. The number of pyridine rings is 1. The highest BCUT2D eigenvalue weighted by Crippen LogP contribution is 2.32. The zero-order valence-electron chi connectivity index (χ0n) is 15.9. The fourth-order valence-corrected chi connectivity index (χ4v) is 4.54. The zero-order valence-corrected chi connectivity index (χ0v) is 16.7. The molecule has 1 aromatic rings. The third-order valence-electron chi connectivity index (χ3n) is 5.52. The normalized spacial score (nSPS) is 22.4. The summed E-state index contributed by atoms with van der Waals surface area (Å²) in [7, 11) is 2.26. The van der Waals surface area contributed by atoms with Crippen molar-refractivity contribution in [1.29, 1.82) is 5.26 Å². The Hall–Kier alpha value is -1.29. The van der Waals surface area contributed by atoms with Crippen LogP contribution in [0.1, 0.15) is 43.9 Å². The Labute approximate surface area is 155 Å². The molecule has 1 fully saturated rings. The summed E-state index contributed by atoms with van der Waals surface area (Å²) >= 11 is 1.78.